The van der Waals surface area contributed by atoms with Crippen LogP contribution >= 0.6 is 11.6 Å². The summed E-state index contributed by atoms with van der Waals surface area (Å²) in [5.41, 5.74) is 7.89. The van der Waals surface area contributed by atoms with Crippen LogP contribution in [0, 0.1) is 0 Å². The average Bonchev–Trinajstić information content (AvgIpc) is 2.77. The van der Waals surface area contributed by atoms with Crippen LogP contribution in [0.5, 0.6) is 0 Å². The molecule has 102 valence electrons. The molecule has 0 aliphatic carbocycles. The Morgan fingerprint density at radius 1 is 1.37 bits per heavy atom. The average molecular weight is 280 g/mol. The highest BCUT2D eigenvalue weighted by molar-refractivity contribution is 6.30. The van der Waals surface area contributed by atoms with Crippen LogP contribution in [0.1, 0.15) is 37.3 Å². The molecule has 1 unspecified atom stereocenters. The van der Waals surface area contributed by atoms with Crippen molar-refractivity contribution in [2.24, 2.45) is 0 Å². The van der Waals surface area contributed by atoms with Gasteiger partial charge in [-0.2, -0.15) is 5.10 Å². The summed E-state index contributed by atoms with van der Waals surface area (Å²) >= 11 is 5.84. The van der Waals surface area contributed by atoms with E-state index >= 15 is 0 Å². The molecule has 1 heterocycles. The summed E-state index contributed by atoms with van der Waals surface area (Å²) in [6.45, 7) is 4.12. The zero-order chi connectivity index (χ0) is 14.0. The molecule has 0 saturated carbocycles. The van der Waals surface area contributed by atoms with E-state index in [0.29, 0.717) is 28.7 Å². The van der Waals surface area contributed by atoms with Gasteiger partial charge in [0.05, 0.1) is 11.8 Å². The van der Waals surface area contributed by atoms with Crippen molar-refractivity contribution in [3.05, 3.63) is 46.7 Å². The number of anilines is 1. The normalized spacial score (nSPS) is 12.9. The lowest BCUT2D eigenvalue weighted by Crippen LogP contribution is -2.07. The van der Waals surface area contributed by atoms with Gasteiger partial charge in [-0.25, -0.2) is 0 Å². The fraction of sp³-hybridized carbons (Fsp3) is 0.357. The van der Waals surface area contributed by atoms with Crippen molar-refractivity contribution < 1.29 is 5.11 Å². The van der Waals surface area contributed by atoms with E-state index < -0.39 is 6.10 Å². The van der Waals surface area contributed by atoms with E-state index in [4.69, 9.17) is 17.3 Å². The molecule has 5 heteroatoms. The maximum atomic E-state index is 10.2. The van der Waals surface area contributed by atoms with Crippen molar-refractivity contribution in [1.82, 2.24) is 9.78 Å². The minimum absolute atomic E-state index is 0.312. The predicted molar refractivity (Wildman–Crippen MR) is 77.1 cm³/mol. The molecule has 0 aliphatic heterocycles. The fourth-order valence-electron chi connectivity index (χ4n) is 1.93. The van der Waals surface area contributed by atoms with Crippen LogP contribution in [0.3, 0.4) is 0 Å². The molecule has 1 aromatic carbocycles. The molecular formula is C14H18ClN3O. The first-order chi connectivity index (χ1) is 8.97. The second-order valence-corrected chi connectivity index (χ2v) is 5.31. The number of rotatable bonds is 4. The van der Waals surface area contributed by atoms with Crippen LogP contribution in [0.4, 0.5) is 5.69 Å². The van der Waals surface area contributed by atoms with E-state index in [-0.39, 0.29) is 0 Å². The number of aliphatic hydroxyl groups is 1. The molecular weight excluding hydrogens is 262 g/mol. The lowest BCUT2D eigenvalue weighted by atomic mass is 10.0. The van der Waals surface area contributed by atoms with Gasteiger partial charge in [0.2, 0.25) is 0 Å². The van der Waals surface area contributed by atoms with Crippen LogP contribution in [0.2, 0.25) is 5.02 Å². The highest BCUT2D eigenvalue weighted by atomic mass is 35.5. The topological polar surface area (TPSA) is 64.1 Å². The molecule has 0 radical (unpaired) electrons. The Morgan fingerprint density at radius 2 is 2.11 bits per heavy atom. The molecule has 0 saturated heterocycles. The number of hydrogen-bond acceptors (Lipinski definition) is 3. The Balaban J connectivity index is 2.13. The van der Waals surface area contributed by atoms with Crippen molar-refractivity contribution in [3.63, 3.8) is 0 Å². The maximum Gasteiger partial charge on any atom is 0.0865 e. The van der Waals surface area contributed by atoms with Gasteiger partial charge < -0.3 is 10.8 Å². The van der Waals surface area contributed by atoms with Crippen LogP contribution in [0.15, 0.2) is 30.5 Å². The summed E-state index contributed by atoms with van der Waals surface area (Å²) in [7, 11) is 0. The minimum Gasteiger partial charge on any atom is -0.398 e. The molecule has 0 aliphatic rings. The van der Waals surface area contributed by atoms with Gasteiger partial charge in [0, 0.05) is 34.9 Å². The van der Waals surface area contributed by atoms with Gasteiger partial charge in [-0.05, 0) is 32.0 Å². The van der Waals surface area contributed by atoms with Gasteiger partial charge in [-0.1, -0.05) is 17.7 Å². The number of benzene rings is 1. The largest absolute Gasteiger partial charge is 0.398 e. The highest BCUT2D eigenvalue weighted by Crippen LogP contribution is 2.26. The summed E-state index contributed by atoms with van der Waals surface area (Å²) < 4.78 is 1.87. The van der Waals surface area contributed by atoms with Gasteiger partial charge in [0.15, 0.2) is 0 Å². The van der Waals surface area contributed by atoms with Crippen LogP contribution in [0.25, 0.3) is 0 Å². The first-order valence-corrected chi connectivity index (χ1v) is 6.62. The molecule has 0 fully saturated rings. The lowest BCUT2D eigenvalue weighted by molar-refractivity contribution is 0.177. The van der Waals surface area contributed by atoms with E-state index in [1.807, 2.05) is 16.9 Å². The summed E-state index contributed by atoms with van der Waals surface area (Å²) in [5.74, 6) is 0. The molecule has 19 heavy (non-hydrogen) atoms. The number of nitrogens with two attached hydrogens (primary N) is 1. The first-order valence-electron chi connectivity index (χ1n) is 6.24. The van der Waals surface area contributed by atoms with Crippen molar-refractivity contribution in [2.75, 3.05) is 5.73 Å². The Morgan fingerprint density at radius 3 is 2.68 bits per heavy atom. The quantitative estimate of drug-likeness (QED) is 0.846. The number of halogens is 1. The van der Waals surface area contributed by atoms with Gasteiger partial charge in [-0.15, -0.1) is 0 Å². The van der Waals surface area contributed by atoms with Crippen molar-refractivity contribution in [1.29, 1.82) is 0 Å². The van der Waals surface area contributed by atoms with Gasteiger partial charge in [-0.3, -0.25) is 4.68 Å². The van der Waals surface area contributed by atoms with Crippen molar-refractivity contribution >= 4 is 17.3 Å². The molecule has 3 N–H and O–H groups in total. The molecule has 1 atom stereocenters. The van der Waals surface area contributed by atoms with Gasteiger partial charge in [0.1, 0.15) is 0 Å². The Labute approximate surface area is 117 Å². The lowest BCUT2D eigenvalue weighted by Gasteiger charge is -2.12. The van der Waals surface area contributed by atoms with Crippen molar-refractivity contribution in [3.8, 4) is 0 Å². The Kier molecular flexibility index (Phi) is 4.12. The maximum absolute atomic E-state index is 10.2. The van der Waals surface area contributed by atoms with Gasteiger partial charge >= 0.3 is 0 Å². The van der Waals surface area contributed by atoms with E-state index in [0.717, 1.165) is 5.69 Å². The molecule has 2 aromatic rings. The van der Waals surface area contributed by atoms with E-state index in [2.05, 4.69) is 18.9 Å². The predicted octanol–water partition coefficient (Wildman–Crippen LogP) is 2.98. The summed E-state index contributed by atoms with van der Waals surface area (Å²) in [6.07, 6.45) is 1.68. The van der Waals surface area contributed by atoms with E-state index in [1.165, 1.54) is 0 Å². The van der Waals surface area contributed by atoms with E-state index in [9.17, 15) is 5.11 Å². The minimum atomic E-state index is -0.673. The molecule has 2 rings (SSSR count). The zero-order valence-corrected chi connectivity index (χ0v) is 11.8. The second-order valence-electron chi connectivity index (χ2n) is 4.87. The summed E-state index contributed by atoms with van der Waals surface area (Å²) in [6, 6.07) is 7.35. The van der Waals surface area contributed by atoms with Crippen LogP contribution in [-0.4, -0.2) is 14.9 Å². The number of aromatic nitrogens is 2. The van der Waals surface area contributed by atoms with E-state index in [1.54, 1.807) is 18.2 Å². The number of hydrogen-bond donors (Lipinski definition) is 2. The second kappa shape index (κ2) is 5.63. The Hall–Kier alpha value is -1.52. The fourth-order valence-corrected chi connectivity index (χ4v) is 2.11. The third-order valence-electron chi connectivity index (χ3n) is 3.00. The van der Waals surface area contributed by atoms with Crippen molar-refractivity contribution in [2.45, 2.75) is 32.4 Å². The molecule has 0 spiro atoms. The molecule has 0 bridgehead atoms. The van der Waals surface area contributed by atoms with Gasteiger partial charge in [0.25, 0.3) is 0 Å². The standard InChI is InChI=1S/C14H18ClN3O/c1-9(2)18-6-5-11(17-18)8-14(19)12-4-3-10(15)7-13(12)16/h3-7,9,14,19H,8,16H2,1-2H3. The number of nitrogens with zero attached hydrogens (tertiary/aromatic N) is 2. The number of nitrogen functional groups attached to an aromatic ring is 1. The third-order valence-corrected chi connectivity index (χ3v) is 3.24. The smallest absolute Gasteiger partial charge is 0.0865 e. The zero-order valence-electron chi connectivity index (χ0n) is 11.0. The third kappa shape index (κ3) is 3.28. The molecule has 0 amide bonds. The summed E-state index contributed by atoms with van der Waals surface area (Å²) in [5, 5.41) is 15.2. The molecule has 1 aromatic heterocycles. The monoisotopic (exact) mass is 279 g/mol. The first kappa shape index (κ1) is 13.9. The highest BCUT2D eigenvalue weighted by Gasteiger charge is 2.14. The summed E-state index contributed by atoms with van der Waals surface area (Å²) in [4.78, 5) is 0. The Bertz CT molecular complexity index is 566. The SMILES string of the molecule is CC(C)n1ccc(CC(O)c2ccc(Cl)cc2N)n1. The van der Waals surface area contributed by atoms with Crippen LogP contribution < -0.4 is 5.73 Å². The van der Waals surface area contributed by atoms with Crippen LogP contribution in [-0.2, 0) is 6.42 Å². The number of aliphatic hydroxyl groups excluding tert-OH is 1. The molecule has 4 nitrogen and oxygen atoms in total.